The molecule has 2 aromatic carbocycles. The van der Waals surface area contributed by atoms with Crippen LogP contribution in [0.25, 0.3) is 0 Å². The largest absolute Gasteiger partial charge is 0.487 e. The van der Waals surface area contributed by atoms with Crippen molar-refractivity contribution in [1.29, 1.82) is 0 Å². The maximum absolute atomic E-state index is 12.5. The SMILES string of the molecule is CC1(C)CCC[C@]2(C)[C@H]3Cc4cc(OC(=O)c5ccccc5)ccc4O[C@]3(C)CC[C@@H]12. The van der Waals surface area contributed by atoms with Gasteiger partial charge in [-0.3, -0.25) is 0 Å². The van der Waals surface area contributed by atoms with Crippen LogP contribution in [0.15, 0.2) is 48.5 Å². The van der Waals surface area contributed by atoms with E-state index in [0.717, 1.165) is 24.5 Å². The van der Waals surface area contributed by atoms with Crippen LogP contribution in [0, 0.1) is 22.7 Å². The summed E-state index contributed by atoms with van der Waals surface area (Å²) in [5, 5.41) is 0. The Hall–Kier alpha value is -2.29. The summed E-state index contributed by atoms with van der Waals surface area (Å²) in [4.78, 5) is 12.5. The van der Waals surface area contributed by atoms with Gasteiger partial charge in [0.15, 0.2) is 0 Å². The second-order valence-corrected chi connectivity index (χ2v) is 11.1. The van der Waals surface area contributed by atoms with E-state index in [9.17, 15) is 4.79 Å². The number of fused-ring (bicyclic) bond motifs is 4. The molecule has 0 radical (unpaired) electrons. The van der Waals surface area contributed by atoms with Gasteiger partial charge in [-0.15, -0.1) is 0 Å². The van der Waals surface area contributed by atoms with Crippen molar-refractivity contribution in [2.45, 2.75) is 71.8 Å². The topological polar surface area (TPSA) is 35.5 Å². The summed E-state index contributed by atoms with van der Waals surface area (Å²) >= 11 is 0. The minimum absolute atomic E-state index is 0.117. The van der Waals surface area contributed by atoms with Crippen molar-refractivity contribution in [2.75, 3.05) is 0 Å². The smallest absolute Gasteiger partial charge is 0.343 e. The lowest BCUT2D eigenvalue weighted by atomic mass is 9.44. The summed E-state index contributed by atoms with van der Waals surface area (Å²) in [6.45, 7) is 9.79. The molecular weight excluding hydrogens is 384 g/mol. The molecule has 3 aliphatic rings. The average molecular weight is 419 g/mol. The van der Waals surface area contributed by atoms with E-state index >= 15 is 0 Å². The van der Waals surface area contributed by atoms with Crippen LogP contribution in [-0.2, 0) is 6.42 Å². The predicted octanol–water partition coefficient (Wildman–Crippen LogP) is 6.84. The zero-order valence-electron chi connectivity index (χ0n) is 19.2. The molecule has 31 heavy (non-hydrogen) atoms. The second-order valence-electron chi connectivity index (χ2n) is 11.1. The standard InChI is InChI=1S/C28H34O3/c1-26(2)14-8-15-27(3)23(26)13-16-28(4)24(27)18-20-17-21(11-12-22(20)31-28)30-25(29)19-9-6-5-7-10-19/h5-7,9-12,17,23-24H,8,13-16,18H2,1-4H3/t23-,24+,27-,28+/m0/s1. The van der Waals surface area contributed by atoms with Crippen LogP contribution >= 0.6 is 0 Å². The molecule has 0 bridgehead atoms. The molecular formula is C28H34O3. The number of hydrogen-bond acceptors (Lipinski definition) is 3. The summed E-state index contributed by atoms with van der Waals surface area (Å²) in [5.74, 6) is 2.44. The van der Waals surface area contributed by atoms with Crippen molar-refractivity contribution in [3.8, 4) is 11.5 Å². The maximum Gasteiger partial charge on any atom is 0.343 e. The third-order valence-corrected chi connectivity index (χ3v) is 8.76. The zero-order chi connectivity index (χ0) is 21.9. The molecule has 1 heterocycles. The molecule has 2 fully saturated rings. The first kappa shape index (κ1) is 20.6. The second kappa shape index (κ2) is 7.12. The fraction of sp³-hybridized carbons (Fsp3) is 0.536. The highest BCUT2D eigenvalue weighted by atomic mass is 16.5. The maximum atomic E-state index is 12.5. The van der Waals surface area contributed by atoms with E-state index < -0.39 is 0 Å². The third kappa shape index (κ3) is 3.37. The molecule has 1 aliphatic heterocycles. The summed E-state index contributed by atoms with van der Waals surface area (Å²) in [5.41, 5.74) is 2.29. The molecule has 3 heteroatoms. The lowest BCUT2D eigenvalue weighted by Crippen LogP contribution is -2.61. The highest BCUT2D eigenvalue weighted by Gasteiger charge is 2.60. The highest BCUT2D eigenvalue weighted by Crippen LogP contribution is 2.64. The van der Waals surface area contributed by atoms with Gasteiger partial charge in [0, 0.05) is 5.92 Å². The molecule has 4 atom stereocenters. The first-order valence-corrected chi connectivity index (χ1v) is 11.8. The van der Waals surface area contributed by atoms with Gasteiger partial charge in [-0.1, -0.05) is 45.4 Å². The van der Waals surface area contributed by atoms with Crippen LogP contribution in [0.5, 0.6) is 11.5 Å². The van der Waals surface area contributed by atoms with Crippen LogP contribution in [0.2, 0.25) is 0 Å². The summed E-state index contributed by atoms with van der Waals surface area (Å²) < 4.78 is 12.4. The van der Waals surface area contributed by atoms with Gasteiger partial charge in [-0.25, -0.2) is 4.79 Å². The number of rotatable bonds is 2. The Morgan fingerprint density at radius 1 is 0.968 bits per heavy atom. The van der Waals surface area contributed by atoms with E-state index in [2.05, 4.69) is 27.7 Å². The normalized spacial score (nSPS) is 33.3. The number of carbonyl (C=O) groups is 1. The van der Waals surface area contributed by atoms with E-state index in [1.165, 1.54) is 31.2 Å². The number of benzene rings is 2. The van der Waals surface area contributed by atoms with Crippen molar-refractivity contribution in [3.05, 3.63) is 59.7 Å². The van der Waals surface area contributed by atoms with Gasteiger partial charge in [0.1, 0.15) is 17.1 Å². The third-order valence-electron chi connectivity index (χ3n) is 8.76. The quantitative estimate of drug-likeness (QED) is 0.395. The average Bonchev–Trinajstić information content (AvgIpc) is 2.73. The molecule has 2 aromatic rings. The Morgan fingerprint density at radius 3 is 2.52 bits per heavy atom. The Morgan fingerprint density at radius 2 is 1.74 bits per heavy atom. The van der Waals surface area contributed by atoms with Crippen molar-refractivity contribution in [1.82, 2.24) is 0 Å². The minimum Gasteiger partial charge on any atom is -0.487 e. The van der Waals surface area contributed by atoms with Crippen LogP contribution in [0.1, 0.15) is 75.7 Å². The highest BCUT2D eigenvalue weighted by molar-refractivity contribution is 5.91. The van der Waals surface area contributed by atoms with Crippen LogP contribution in [-0.4, -0.2) is 11.6 Å². The zero-order valence-corrected chi connectivity index (χ0v) is 19.2. The Labute approximate surface area is 186 Å². The molecule has 0 spiro atoms. The van der Waals surface area contributed by atoms with Crippen LogP contribution < -0.4 is 9.47 Å². The van der Waals surface area contributed by atoms with E-state index in [4.69, 9.17) is 9.47 Å². The van der Waals surface area contributed by atoms with Gasteiger partial charge < -0.3 is 9.47 Å². The van der Waals surface area contributed by atoms with Crippen molar-refractivity contribution in [3.63, 3.8) is 0 Å². The van der Waals surface area contributed by atoms with Gasteiger partial charge in [-0.05, 0) is 91.7 Å². The van der Waals surface area contributed by atoms with E-state index in [-0.39, 0.29) is 17.0 Å². The van der Waals surface area contributed by atoms with E-state index in [1.54, 1.807) is 12.1 Å². The Bertz CT molecular complexity index is 995. The summed E-state index contributed by atoms with van der Waals surface area (Å²) in [6, 6.07) is 15.0. The first-order valence-electron chi connectivity index (χ1n) is 11.8. The summed E-state index contributed by atoms with van der Waals surface area (Å²) in [7, 11) is 0. The molecule has 2 saturated carbocycles. The molecule has 0 unspecified atom stereocenters. The van der Waals surface area contributed by atoms with Crippen molar-refractivity contribution in [2.24, 2.45) is 22.7 Å². The van der Waals surface area contributed by atoms with Crippen LogP contribution in [0.3, 0.4) is 0 Å². The minimum atomic E-state index is -0.319. The number of ether oxygens (including phenoxy) is 2. The molecule has 2 aliphatic carbocycles. The molecule has 0 saturated heterocycles. The Kier molecular flexibility index (Phi) is 4.73. The molecule has 0 aromatic heterocycles. The summed E-state index contributed by atoms with van der Waals surface area (Å²) in [6.07, 6.45) is 7.26. The van der Waals surface area contributed by atoms with Crippen LogP contribution in [0.4, 0.5) is 0 Å². The predicted molar refractivity (Wildman–Crippen MR) is 123 cm³/mol. The Balaban J connectivity index is 1.44. The molecule has 0 N–H and O–H groups in total. The van der Waals surface area contributed by atoms with Crippen molar-refractivity contribution >= 4 is 5.97 Å². The molecule has 0 amide bonds. The van der Waals surface area contributed by atoms with Gasteiger partial charge >= 0.3 is 5.97 Å². The molecule has 5 rings (SSSR count). The van der Waals surface area contributed by atoms with E-state index in [1.807, 2.05) is 36.4 Å². The number of hydrogen-bond donors (Lipinski definition) is 0. The monoisotopic (exact) mass is 418 g/mol. The van der Waals surface area contributed by atoms with Gasteiger partial charge in [0.25, 0.3) is 0 Å². The van der Waals surface area contributed by atoms with Crippen molar-refractivity contribution < 1.29 is 14.3 Å². The fourth-order valence-corrected chi connectivity index (χ4v) is 7.27. The lowest BCUT2D eigenvalue weighted by molar-refractivity contribution is -0.162. The number of esters is 1. The lowest BCUT2D eigenvalue weighted by Gasteiger charge is -2.63. The fourth-order valence-electron chi connectivity index (χ4n) is 7.27. The number of carbonyl (C=O) groups excluding carboxylic acids is 1. The first-order chi connectivity index (χ1) is 14.7. The van der Waals surface area contributed by atoms with Gasteiger partial charge in [0.2, 0.25) is 0 Å². The van der Waals surface area contributed by atoms with Gasteiger partial charge in [0.05, 0.1) is 5.56 Å². The molecule has 3 nitrogen and oxygen atoms in total. The molecule has 164 valence electrons. The van der Waals surface area contributed by atoms with E-state index in [0.29, 0.717) is 22.6 Å². The van der Waals surface area contributed by atoms with Gasteiger partial charge in [-0.2, -0.15) is 0 Å².